The van der Waals surface area contributed by atoms with Gasteiger partial charge >= 0.3 is 6.03 Å². The minimum atomic E-state index is -0.0808. The van der Waals surface area contributed by atoms with E-state index in [0.29, 0.717) is 38.6 Å². The van der Waals surface area contributed by atoms with E-state index in [1.54, 1.807) is 0 Å². The van der Waals surface area contributed by atoms with E-state index in [9.17, 15) is 9.59 Å². The van der Waals surface area contributed by atoms with Crippen LogP contribution in [0, 0.1) is 37.0 Å². The second-order valence-electron chi connectivity index (χ2n) is 9.94. The molecule has 0 spiro atoms. The Hall–Kier alpha value is -2.05. The van der Waals surface area contributed by atoms with Gasteiger partial charge in [0.2, 0.25) is 5.91 Å². The largest absolute Gasteiger partial charge is 0.361 e. The molecular weight excluding hydrogens is 368 g/mol. The van der Waals surface area contributed by atoms with Crippen LogP contribution in [0.5, 0.6) is 0 Å². The fourth-order valence-electron chi connectivity index (χ4n) is 6.85. The van der Waals surface area contributed by atoms with Gasteiger partial charge in [-0.2, -0.15) is 0 Å². The summed E-state index contributed by atoms with van der Waals surface area (Å²) in [5.41, 5.74) is 1.67. The number of hydrogen-bond acceptors (Lipinski definition) is 4. The fourth-order valence-corrected chi connectivity index (χ4v) is 6.85. The van der Waals surface area contributed by atoms with Gasteiger partial charge in [-0.05, 0) is 70.1 Å². The van der Waals surface area contributed by atoms with Crippen LogP contribution in [0.2, 0.25) is 0 Å². The van der Waals surface area contributed by atoms with Gasteiger partial charge in [0.15, 0.2) is 0 Å². The molecule has 5 fully saturated rings. The van der Waals surface area contributed by atoms with Crippen LogP contribution in [0.3, 0.4) is 0 Å². The number of urea groups is 1. The van der Waals surface area contributed by atoms with Gasteiger partial charge in [-0.15, -0.1) is 0 Å². The lowest BCUT2D eigenvalue weighted by Gasteiger charge is -2.57. The molecule has 2 heterocycles. The normalized spacial score (nSPS) is 33.2. The van der Waals surface area contributed by atoms with E-state index in [-0.39, 0.29) is 11.4 Å². The molecule has 7 nitrogen and oxygen atoms in total. The van der Waals surface area contributed by atoms with Crippen molar-refractivity contribution in [3.05, 3.63) is 17.0 Å². The van der Waals surface area contributed by atoms with E-state index >= 15 is 0 Å². The van der Waals surface area contributed by atoms with Crippen molar-refractivity contribution >= 4 is 11.9 Å². The van der Waals surface area contributed by atoms with Crippen molar-refractivity contribution in [2.45, 2.75) is 58.9 Å². The van der Waals surface area contributed by atoms with Gasteiger partial charge in [-0.1, -0.05) is 5.16 Å². The predicted molar refractivity (Wildman–Crippen MR) is 107 cm³/mol. The summed E-state index contributed by atoms with van der Waals surface area (Å²) in [6.07, 6.45) is 7.38. The van der Waals surface area contributed by atoms with E-state index in [2.05, 4.69) is 10.5 Å². The average Bonchev–Trinajstić information content (AvgIpc) is 3.02. The summed E-state index contributed by atoms with van der Waals surface area (Å²) in [5.74, 6) is 3.46. The maximum Gasteiger partial charge on any atom is 0.317 e. The SMILES string of the molecule is Cc1noc(C)c1CNC(=O)N1CCN(C(=O)C23CC4CC(CC(C4)C2)C3)CC1. The highest BCUT2D eigenvalue weighted by Crippen LogP contribution is 2.60. The third kappa shape index (κ3) is 3.32. The minimum absolute atomic E-state index is 0.0769. The number of aryl methyl sites for hydroxylation is 2. The van der Waals surface area contributed by atoms with Crippen LogP contribution in [0.15, 0.2) is 4.52 Å². The first kappa shape index (κ1) is 18.9. The van der Waals surface area contributed by atoms with Gasteiger partial charge in [-0.3, -0.25) is 4.79 Å². The molecule has 1 aliphatic heterocycles. The molecule has 1 N–H and O–H groups in total. The minimum Gasteiger partial charge on any atom is -0.361 e. The second-order valence-corrected chi connectivity index (χ2v) is 9.94. The monoisotopic (exact) mass is 400 g/mol. The Morgan fingerprint density at radius 1 is 1.00 bits per heavy atom. The molecule has 1 saturated heterocycles. The van der Waals surface area contributed by atoms with Crippen molar-refractivity contribution in [2.75, 3.05) is 26.2 Å². The Morgan fingerprint density at radius 3 is 2.07 bits per heavy atom. The molecule has 1 aromatic rings. The van der Waals surface area contributed by atoms with E-state index in [0.717, 1.165) is 54.0 Å². The van der Waals surface area contributed by atoms with Crippen molar-refractivity contribution in [1.29, 1.82) is 0 Å². The Labute approximate surface area is 172 Å². The van der Waals surface area contributed by atoms with Crippen molar-refractivity contribution in [3.8, 4) is 0 Å². The van der Waals surface area contributed by atoms with Crippen LogP contribution in [0.1, 0.15) is 55.5 Å². The van der Waals surface area contributed by atoms with Crippen LogP contribution >= 0.6 is 0 Å². The Bertz CT molecular complexity index is 754. The lowest BCUT2D eigenvalue weighted by atomic mass is 9.49. The number of rotatable bonds is 3. The molecule has 1 aromatic heterocycles. The van der Waals surface area contributed by atoms with Crippen molar-refractivity contribution in [3.63, 3.8) is 0 Å². The molecule has 0 atom stereocenters. The molecule has 3 amide bonds. The predicted octanol–water partition coefficient (Wildman–Crippen LogP) is 2.86. The lowest BCUT2D eigenvalue weighted by molar-refractivity contribution is -0.159. The Balaban J connectivity index is 1.15. The van der Waals surface area contributed by atoms with E-state index in [1.165, 1.54) is 19.3 Å². The summed E-state index contributed by atoms with van der Waals surface area (Å²) in [6.45, 7) is 6.67. The lowest BCUT2D eigenvalue weighted by Crippen LogP contribution is -2.59. The summed E-state index contributed by atoms with van der Waals surface area (Å²) in [5, 5.41) is 6.90. The number of piperazine rings is 1. The molecule has 6 rings (SSSR count). The highest BCUT2D eigenvalue weighted by atomic mass is 16.5. The van der Waals surface area contributed by atoms with Crippen molar-refractivity contribution in [1.82, 2.24) is 20.3 Å². The number of nitrogens with one attached hydrogen (secondary N) is 1. The average molecular weight is 401 g/mol. The van der Waals surface area contributed by atoms with Gasteiger partial charge in [0.1, 0.15) is 5.76 Å². The fraction of sp³-hybridized carbons (Fsp3) is 0.773. The van der Waals surface area contributed by atoms with Gasteiger partial charge in [0, 0.05) is 38.3 Å². The van der Waals surface area contributed by atoms with Crippen LogP contribution in [-0.4, -0.2) is 53.1 Å². The number of carbonyl (C=O) groups excluding carboxylic acids is 2. The molecular formula is C22H32N4O3. The molecule has 4 saturated carbocycles. The Kier molecular flexibility index (Phi) is 4.59. The first-order chi connectivity index (χ1) is 13.9. The number of hydrogen-bond donors (Lipinski definition) is 1. The third-order valence-electron chi connectivity index (χ3n) is 7.94. The standard InChI is InChI=1S/C22H32N4O3/c1-14-19(15(2)29-24-14)13-23-21(28)26-5-3-25(4-6-26)20(27)22-10-16-7-17(11-22)9-18(8-16)12-22/h16-18H,3-13H2,1-2H3,(H,23,28). The van der Waals surface area contributed by atoms with Gasteiger partial charge in [0.05, 0.1) is 11.1 Å². The molecule has 7 heteroatoms. The van der Waals surface area contributed by atoms with Crippen molar-refractivity contribution < 1.29 is 14.1 Å². The molecule has 0 unspecified atom stereocenters. The number of aromatic nitrogens is 1. The van der Waals surface area contributed by atoms with E-state index in [4.69, 9.17) is 4.52 Å². The number of carbonyl (C=O) groups is 2. The quantitative estimate of drug-likeness (QED) is 0.846. The summed E-state index contributed by atoms with van der Waals surface area (Å²) < 4.78 is 5.15. The highest BCUT2D eigenvalue weighted by molar-refractivity contribution is 5.84. The molecule has 4 aliphatic carbocycles. The Morgan fingerprint density at radius 2 is 1.55 bits per heavy atom. The summed E-state index contributed by atoms with van der Waals surface area (Å²) in [6, 6.07) is -0.0769. The summed E-state index contributed by atoms with van der Waals surface area (Å²) in [7, 11) is 0. The van der Waals surface area contributed by atoms with Crippen LogP contribution in [0.25, 0.3) is 0 Å². The van der Waals surface area contributed by atoms with Gasteiger partial charge < -0.3 is 19.6 Å². The van der Waals surface area contributed by atoms with Gasteiger partial charge in [0.25, 0.3) is 0 Å². The molecule has 4 bridgehead atoms. The zero-order valence-electron chi connectivity index (χ0n) is 17.6. The van der Waals surface area contributed by atoms with Crippen LogP contribution in [0.4, 0.5) is 4.79 Å². The molecule has 158 valence electrons. The van der Waals surface area contributed by atoms with E-state index in [1.807, 2.05) is 23.6 Å². The molecule has 0 aromatic carbocycles. The van der Waals surface area contributed by atoms with Gasteiger partial charge in [-0.25, -0.2) is 4.79 Å². The summed E-state index contributed by atoms with van der Waals surface area (Å²) >= 11 is 0. The highest BCUT2D eigenvalue weighted by Gasteiger charge is 2.55. The number of nitrogens with zero attached hydrogens (tertiary/aromatic N) is 3. The van der Waals surface area contributed by atoms with Crippen LogP contribution < -0.4 is 5.32 Å². The second kappa shape index (κ2) is 7.03. The molecule has 29 heavy (non-hydrogen) atoms. The first-order valence-corrected chi connectivity index (χ1v) is 11.2. The zero-order valence-corrected chi connectivity index (χ0v) is 17.6. The molecule has 5 aliphatic rings. The van der Waals surface area contributed by atoms with E-state index < -0.39 is 0 Å². The zero-order chi connectivity index (χ0) is 20.2. The summed E-state index contributed by atoms with van der Waals surface area (Å²) in [4.78, 5) is 29.9. The molecule has 0 radical (unpaired) electrons. The van der Waals surface area contributed by atoms with Crippen molar-refractivity contribution in [2.24, 2.45) is 23.2 Å². The van der Waals surface area contributed by atoms with Crippen LogP contribution in [-0.2, 0) is 11.3 Å². The maximum absolute atomic E-state index is 13.5. The first-order valence-electron chi connectivity index (χ1n) is 11.2. The third-order valence-corrected chi connectivity index (χ3v) is 7.94. The maximum atomic E-state index is 13.5. The number of amides is 3. The smallest absolute Gasteiger partial charge is 0.317 e. The topological polar surface area (TPSA) is 78.7 Å².